The van der Waals surface area contributed by atoms with E-state index in [1.807, 2.05) is 17.1 Å². The first-order valence-corrected chi connectivity index (χ1v) is 9.71. The highest BCUT2D eigenvalue weighted by Gasteiger charge is 2.67. The van der Waals surface area contributed by atoms with Crippen LogP contribution in [0.2, 0.25) is 0 Å². The third-order valence-corrected chi connectivity index (χ3v) is 6.14. The molecule has 26 heavy (non-hydrogen) atoms. The highest BCUT2D eigenvalue weighted by atomic mass is 16.5. The minimum atomic E-state index is -0.663. The van der Waals surface area contributed by atoms with Gasteiger partial charge in [0, 0.05) is 33.1 Å². The van der Waals surface area contributed by atoms with E-state index in [9.17, 15) is 14.4 Å². The highest BCUT2D eigenvalue weighted by molar-refractivity contribution is 5.93. The largest absolute Gasteiger partial charge is 0.360 e. The molecule has 1 N–H and O–H groups in total. The molecule has 142 valence electrons. The number of likely N-dealkylation sites (tertiary alicyclic amines) is 2. The molecule has 4 rings (SSSR count). The lowest BCUT2D eigenvalue weighted by Crippen LogP contribution is -2.46. The molecule has 7 nitrogen and oxygen atoms in total. The van der Waals surface area contributed by atoms with Crippen molar-refractivity contribution in [3.8, 4) is 0 Å². The number of rotatable bonds is 4. The summed E-state index contributed by atoms with van der Waals surface area (Å²) in [5.41, 5.74) is -0.663. The van der Waals surface area contributed by atoms with Gasteiger partial charge in [0.1, 0.15) is 5.60 Å². The first-order valence-electron chi connectivity index (χ1n) is 9.71. The van der Waals surface area contributed by atoms with Crippen LogP contribution in [0.3, 0.4) is 0 Å². The zero-order valence-corrected chi connectivity index (χ0v) is 15.3. The summed E-state index contributed by atoms with van der Waals surface area (Å²) in [5, 5.41) is 2.73. The number of nitrogens with zero attached hydrogens (tertiary/aromatic N) is 2. The Bertz CT molecular complexity index is 641. The SMILES string of the molecule is CC(=O)NCCN1C[C@]23C=C[C@H](O2)[C@@H](C(=O)N2CCCCCC2)[C@@H]3C1=O. The molecule has 0 unspecified atom stereocenters. The summed E-state index contributed by atoms with van der Waals surface area (Å²) in [6.45, 7) is 4.36. The lowest BCUT2D eigenvalue weighted by atomic mass is 9.76. The van der Waals surface area contributed by atoms with Gasteiger partial charge in [-0.15, -0.1) is 0 Å². The van der Waals surface area contributed by atoms with Crippen LogP contribution in [-0.4, -0.2) is 72.0 Å². The monoisotopic (exact) mass is 361 g/mol. The van der Waals surface area contributed by atoms with Crippen molar-refractivity contribution in [3.05, 3.63) is 12.2 Å². The van der Waals surface area contributed by atoms with E-state index < -0.39 is 17.4 Å². The van der Waals surface area contributed by atoms with Crippen LogP contribution >= 0.6 is 0 Å². The second-order valence-electron chi connectivity index (χ2n) is 7.88. The van der Waals surface area contributed by atoms with Gasteiger partial charge in [-0.05, 0) is 12.8 Å². The maximum atomic E-state index is 13.2. The molecule has 0 aromatic carbocycles. The van der Waals surface area contributed by atoms with E-state index >= 15 is 0 Å². The summed E-state index contributed by atoms with van der Waals surface area (Å²) in [7, 11) is 0. The molecule has 1 spiro atoms. The Morgan fingerprint density at radius 1 is 1.27 bits per heavy atom. The fraction of sp³-hybridized carbons (Fsp3) is 0.737. The van der Waals surface area contributed by atoms with Crippen molar-refractivity contribution in [3.63, 3.8) is 0 Å². The number of carbonyl (C=O) groups excluding carboxylic acids is 3. The third-order valence-electron chi connectivity index (χ3n) is 6.14. The predicted octanol–water partition coefficient (Wildman–Crippen LogP) is 0.307. The van der Waals surface area contributed by atoms with Crippen molar-refractivity contribution >= 4 is 17.7 Å². The summed E-state index contributed by atoms with van der Waals surface area (Å²) >= 11 is 0. The first kappa shape index (κ1) is 17.5. The Kier molecular flexibility index (Phi) is 4.50. The lowest BCUT2D eigenvalue weighted by Gasteiger charge is -2.29. The van der Waals surface area contributed by atoms with E-state index in [4.69, 9.17) is 4.74 Å². The van der Waals surface area contributed by atoms with Crippen molar-refractivity contribution < 1.29 is 19.1 Å². The van der Waals surface area contributed by atoms with E-state index in [2.05, 4.69) is 5.32 Å². The summed E-state index contributed by atoms with van der Waals surface area (Å²) in [6, 6.07) is 0. The van der Waals surface area contributed by atoms with Crippen LogP contribution in [0.4, 0.5) is 0 Å². The van der Waals surface area contributed by atoms with Crippen LogP contribution in [0, 0.1) is 11.8 Å². The van der Waals surface area contributed by atoms with Gasteiger partial charge < -0.3 is 19.9 Å². The van der Waals surface area contributed by atoms with Gasteiger partial charge in [-0.25, -0.2) is 0 Å². The Balaban J connectivity index is 1.50. The van der Waals surface area contributed by atoms with Crippen LogP contribution in [0.5, 0.6) is 0 Å². The van der Waals surface area contributed by atoms with Crippen LogP contribution < -0.4 is 5.32 Å². The van der Waals surface area contributed by atoms with Gasteiger partial charge in [0.15, 0.2) is 0 Å². The van der Waals surface area contributed by atoms with Crippen LogP contribution in [-0.2, 0) is 19.1 Å². The van der Waals surface area contributed by atoms with Gasteiger partial charge in [0.2, 0.25) is 17.7 Å². The van der Waals surface area contributed by atoms with E-state index in [1.54, 1.807) is 4.90 Å². The Morgan fingerprint density at radius 2 is 2.00 bits per heavy atom. The number of nitrogens with one attached hydrogen (secondary N) is 1. The van der Waals surface area contributed by atoms with Gasteiger partial charge in [-0.2, -0.15) is 0 Å². The number of hydrogen-bond donors (Lipinski definition) is 1. The minimum Gasteiger partial charge on any atom is -0.360 e. The van der Waals surface area contributed by atoms with E-state index in [-0.39, 0.29) is 23.8 Å². The first-order chi connectivity index (χ1) is 12.5. The smallest absolute Gasteiger partial charge is 0.230 e. The fourth-order valence-electron chi connectivity index (χ4n) is 4.92. The molecule has 3 saturated heterocycles. The fourth-order valence-corrected chi connectivity index (χ4v) is 4.92. The van der Waals surface area contributed by atoms with Crippen molar-refractivity contribution in [1.82, 2.24) is 15.1 Å². The molecule has 4 aliphatic rings. The van der Waals surface area contributed by atoms with Crippen LogP contribution in [0.15, 0.2) is 12.2 Å². The quantitative estimate of drug-likeness (QED) is 0.731. The Labute approximate surface area is 153 Å². The number of ether oxygens (including phenoxy) is 1. The molecular formula is C19H27N3O4. The zero-order valence-electron chi connectivity index (χ0n) is 15.3. The molecular weight excluding hydrogens is 334 g/mol. The molecule has 2 bridgehead atoms. The molecule has 4 atom stereocenters. The topological polar surface area (TPSA) is 79.0 Å². The van der Waals surface area contributed by atoms with Crippen molar-refractivity contribution in [2.24, 2.45) is 11.8 Å². The molecule has 0 radical (unpaired) electrons. The molecule has 4 heterocycles. The molecule has 7 heteroatoms. The average Bonchev–Trinajstić information content (AvgIpc) is 3.13. The van der Waals surface area contributed by atoms with E-state index in [0.29, 0.717) is 19.6 Å². The predicted molar refractivity (Wildman–Crippen MR) is 94.0 cm³/mol. The summed E-state index contributed by atoms with van der Waals surface area (Å²) in [6.07, 6.45) is 8.05. The lowest BCUT2D eigenvalue weighted by molar-refractivity contribution is -0.143. The third kappa shape index (κ3) is 2.82. The Morgan fingerprint density at radius 3 is 2.69 bits per heavy atom. The van der Waals surface area contributed by atoms with Crippen LogP contribution in [0.1, 0.15) is 32.6 Å². The second kappa shape index (κ2) is 6.68. The molecule has 3 amide bonds. The molecule has 0 aliphatic carbocycles. The molecule has 0 aromatic rings. The number of amides is 3. The molecule has 0 saturated carbocycles. The summed E-state index contributed by atoms with van der Waals surface area (Å²) in [4.78, 5) is 41.0. The number of fused-ring (bicyclic) bond motifs is 1. The molecule has 4 aliphatic heterocycles. The molecule has 0 aromatic heterocycles. The number of carbonyl (C=O) groups is 3. The standard InChI is InChI=1S/C19H27N3O4/c1-13(23)20-8-11-22-12-19-7-6-14(26-19)15(16(19)18(22)25)17(24)21-9-4-2-3-5-10-21/h6-7,14-16H,2-5,8-12H2,1H3,(H,20,23)/t14-,15+,16+,19-/m0/s1. The minimum absolute atomic E-state index is 0.0182. The number of hydrogen-bond acceptors (Lipinski definition) is 4. The van der Waals surface area contributed by atoms with Gasteiger partial charge in [-0.1, -0.05) is 25.0 Å². The average molecular weight is 361 g/mol. The van der Waals surface area contributed by atoms with E-state index in [0.717, 1.165) is 38.8 Å². The maximum absolute atomic E-state index is 13.2. The molecule has 3 fully saturated rings. The highest BCUT2D eigenvalue weighted by Crippen LogP contribution is 2.52. The normalized spacial score (nSPS) is 35.6. The van der Waals surface area contributed by atoms with Gasteiger partial charge in [0.05, 0.1) is 24.5 Å². The van der Waals surface area contributed by atoms with Gasteiger partial charge >= 0.3 is 0 Å². The van der Waals surface area contributed by atoms with Crippen molar-refractivity contribution in [1.29, 1.82) is 0 Å². The zero-order chi connectivity index (χ0) is 18.3. The van der Waals surface area contributed by atoms with Crippen molar-refractivity contribution in [2.75, 3.05) is 32.7 Å². The van der Waals surface area contributed by atoms with E-state index in [1.165, 1.54) is 6.92 Å². The van der Waals surface area contributed by atoms with Gasteiger partial charge in [-0.3, -0.25) is 14.4 Å². The van der Waals surface area contributed by atoms with Crippen LogP contribution in [0.25, 0.3) is 0 Å². The van der Waals surface area contributed by atoms with Crippen molar-refractivity contribution in [2.45, 2.75) is 44.3 Å². The summed E-state index contributed by atoms with van der Waals surface area (Å²) < 4.78 is 6.16. The summed E-state index contributed by atoms with van der Waals surface area (Å²) in [5.74, 6) is -0.885. The second-order valence-corrected chi connectivity index (χ2v) is 7.88. The Hall–Kier alpha value is -1.89. The van der Waals surface area contributed by atoms with Gasteiger partial charge in [0.25, 0.3) is 0 Å². The maximum Gasteiger partial charge on any atom is 0.230 e.